The molecule has 0 saturated heterocycles. The van der Waals surface area contributed by atoms with Crippen molar-refractivity contribution < 1.29 is 63.1 Å². The van der Waals surface area contributed by atoms with Gasteiger partial charge in [0.15, 0.2) is 6.10 Å². The van der Waals surface area contributed by atoms with Crippen LogP contribution in [-0.2, 0) is 32.7 Å². The van der Waals surface area contributed by atoms with E-state index in [0.717, 1.165) is 70.6 Å². The second kappa shape index (κ2) is 36.1. The summed E-state index contributed by atoms with van der Waals surface area (Å²) in [5, 5.41) is 50.0. The number of phosphoric ester groups is 1. The fourth-order valence-electron chi connectivity index (χ4n) is 6.38. The van der Waals surface area contributed by atoms with Gasteiger partial charge in [-0.1, -0.05) is 132 Å². The third kappa shape index (κ3) is 28.2. The lowest BCUT2D eigenvalue weighted by Gasteiger charge is -2.43. The van der Waals surface area contributed by atoms with Crippen molar-refractivity contribution in [2.24, 2.45) is 0 Å². The molecule has 0 aromatic heterocycles. The van der Waals surface area contributed by atoms with Gasteiger partial charge in [0.25, 0.3) is 7.82 Å². The number of carbonyl (C=O) groups excluding carboxylic acids is 2. The summed E-state index contributed by atoms with van der Waals surface area (Å²) in [4.78, 5) is 37.9. The second-order valence-electron chi connectivity index (χ2n) is 15.5. The summed E-state index contributed by atoms with van der Waals surface area (Å²) in [6, 6.07) is 0. The fraction of sp³-hybridized carbons (Fsp3) is 0.739. The molecule has 8 atom stereocenters. The number of hydrogen-bond donors (Lipinski definition) is 5. The van der Waals surface area contributed by atoms with E-state index in [-0.39, 0.29) is 12.8 Å². The monoisotopic (exact) mass is 870 g/mol. The van der Waals surface area contributed by atoms with Crippen molar-refractivity contribution in [1.82, 2.24) is 0 Å². The van der Waals surface area contributed by atoms with Gasteiger partial charge in [0.1, 0.15) is 43.2 Å². The molecule has 0 aromatic rings. The Morgan fingerprint density at radius 2 is 0.933 bits per heavy atom. The minimum absolute atomic E-state index is 0.00189. The highest BCUT2D eigenvalue weighted by atomic mass is 31.2. The van der Waals surface area contributed by atoms with E-state index in [1.165, 1.54) is 44.9 Å². The summed E-state index contributed by atoms with van der Waals surface area (Å²) in [7, 11) is -5.38. The molecule has 1 aliphatic carbocycles. The maximum Gasteiger partial charge on any atom is 0.306 e. The second-order valence-corrected chi connectivity index (χ2v) is 16.9. The highest BCUT2D eigenvalue weighted by Gasteiger charge is 2.50. The zero-order chi connectivity index (χ0) is 44.3. The number of ether oxygens (including phenoxy) is 2. The molecule has 0 spiro atoms. The Hall–Kier alpha value is -2.45. The van der Waals surface area contributed by atoms with Gasteiger partial charge >= 0.3 is 11.9 Å². The lowest BCUT2D eigenvalue weighted by atomic mass is 9.85. The molecular weight excluding hydrogens is 791 g/mol. The Labute approximate surface area is 360 Å². The predicted octanol–water partition coefficient (Wildman–Crippen LogP) is 7.92. The lowest BCUT2D eigenvalue weighted by Crippen LogP contribution is -2.64. The molecule has 0 aromatic carbocycles. The Morgan fingerprint density at radius 3 is 1.48 bits per heavy atom. The van der Waals surface area contributed by atoms with Crippen LogP contribution in [0.4, 0.5) is 0 Å². The zero-order valence-electron chi connectivity index (χ0n) is 36.4. The molecule has 0 amide bonds. The first-order chi connectivity index (χ1) is 28.9. The van der Waals surface area contributed by atoms with Crippen LogP contribution in [0.25, 0.3) is 0 Å². The number of rotatable bonds is 36. The number of unbranched alkanes of at least 4 members (excludes halogenated alkanes) is 14. The van der Waals surface area contributed by atoms with Gasteiger partial charge < -0.3 is 48.9 Å². The molecule has 0 aliphatic heterocycles. The van der Waals surface area contributed by atoms with E-state index in [0.29, 0.717) is 19.3 Å². The third-order valence-electron chi connectivity index (χ3n) is 10.1. The summed E-state index contributed by atoms with van der Waals surface area (Å²) in [6.45, 7) is 3.10. The molecule has 5 N–H and O–H groups in total. The number of aliphatic hydroxyl groups excluding tert-OH is 5. The van der Waals surface area contributed by atoms with Crippen LogP contribution in [0, 0.1) is 0 Å². The molecule has 0 heterocycles. The van der Waals surface area contributed by atoms with Crippen molar-refractivity contribution in [3.8, 4) is 0 Å². The summed E-state index contributed by atoms with van der Waals surface area (Å²) >= 11 is 0. The Bertz CT molecular complexity index is 1280. The van der Waals surface area contributed by atoms with Gasteiger partial charge in [-0.3, -0.25) is 14.2 Å². The molecule has 1 fully saturated rings. The smallest absolute Gasteiger partial charge is 0.306 e. The number of phosphoric acid groups is 1. The standard InChI is InChI=1S/C46H79O13P/c1-3-5-7-9-11-13-15-17-19-20-21-23-25-27-29-31-33-35-40(48)58-38(37-57-60(54,55)59-46-44(52)42(50)41(49)43(51)45(46)53)36-56-39(47)34-32-30-28-26-24-22-18-16-14-12-10-8-6-4-2/h11,13-14,16-17,19,21,23,27,29,38,41-46,49-53H,3-10,12,15,18,20,22,24-26,28,30-37H2,1-2H3,(H,54,55)/p-1/b13-11-,16-14-,19-17-,23-21-,29-27-/t38-,41?,42-,43+,44-,45-,46?/m1/s1. The SMILES string of the molecule is CCCCC/C=C\C/C=C\C/C=C\C/C=C\CCCC(=O)O[C@H](COC(=O)CCCCCCCC/C=C\CCCCCC)COP(=O)([O-])OC1[C@H](O)[C@H](O)C(O)[C@H](O)[C@H]1O. The van der Waals surface area contributed by atoms with Crippen LogP contribution in [0.3, 0.4) is 0 Å². The van der Waals surface area contributed by atoms with Crippen molar-refractivity contribution in [2.75, 3.05) is 13.2 Å². The number of aliphatic hydroxyl groups is 5. The van der Waals surface area contributed by atoms with Crippen molar-refractivity contribution >= 4 is 19.8 Å². The summed E-state index contributed by atoms with van der Waals surface area (Å²) < 4.78 is 33.0. The molecule has 14 heteroatoms. The molecule has 1 saturated carbocycles. The summed E-state index contributed by atoms with van der Waals surface area (Å²) in [5.74, 6) is -1.21. The van der Waals surface area contributed by atoms with E-state index in [9.17, 15) is 44.6 Å². The van der Waals surface area contributed by atoms with E-state index in [1.54, 1.807) is 0 Å². The average molecular weight is 870 g/mol. The van der Waals surface area contributed by atoms with Gasteiger partial charge in [-0.05, 0) is 77.0 Å². The van der Waals surface area contributed by atoms with Crippen molar-refractivity contribution in [2.45, 2.75) is 204 Å². The van der Waals surface area contributed by atoms with Crippen LogP contribution < -0.4 is 4.89 Å². The fourth-order valence-corrected chi connectivity index (χ4v) is 7.34. The first kappa shape index (κ1) is 55.6. The van der Waals surface area contributed by atoms with E-state index in [1.807, 2.05) is 12.2 Å². The topological polar surface area (TPSA) is 212 Å². The molecule has 60 heavy (non-hydrogen) atoms. The minimum atomic E-state index is -5.38. The van der Waals surface area contributed by atoms with E-state index < -0.39 is 75.7 Å². The lowest BCUT2D eigenvalue weighted by molar-refractivity contribution is -0.261. The van der Waals surface area contributed by atoms with E-state index in [2.05, 4.69) is 62.5 Å². The quantitative estimate of drug-likeness (QED) is 0.0175. The van der Waals surface area contributed by atoms with Gasteiger partial charge in [-0.15, -0.1) is 0 Å². The van der Waals surface area contributed by atoms with Gasteiger partial charge in [-0.2, -0.15) is 0 Å². The number of esters is 2. The van der Waals surface area contributed by atoms with E-state index in [4.69, 9.17) is 18.5 Å². The third-order valence-corrected chi connectivity index (χ3v) is 11.0. The molecule has 0 radical (unpaired) electrons. The van der Waals surface area contributed by atoms with Crippen molar-refractivity contribution in [3.63, 3.8) is 0 Å². The number of allylic oxidation sites excluding steroid dienone is 10. The normalized spacial score (nSPS) is 22.7. The van der Waals surface area contributed by atoms with Crippen LogP contribution in [-0.4, -0.2) is 93.4 Å². The minimum Gasteiger partial charge on any atom is -0.756 e. The molecule has 1 aliphatic rings. The molecule has 346 valence electrons. The molecule has 3 unspecified atom stereocenters. The van der Waals surface area contributed by atoms with Gasteiger partial charge in [0.05, 0.1) is 6.61 Å². The molecule has 1 rings (SSSR count). The van der Waals surface area contributed by atoms with E-state index >= 15 is 0 Å². The molecule has 13 nitrogen and oxygen atoms in total. The van der Waals surface area contributed by atoms with Crippen LogP contribution in [0.15, 0.2) is 60.8 Å². The largest absolute Gasteiger partial charge is 0.756 e. The number of carbonyl (C=O) groups is 2. The Morgan fingerprint density at radius 1 is 0.533 bits per heavy atom. The highest BCUT2D eigenvalue weighted by Crippen LogP contribution is 2.43. The van der Waals surface area contributed by atoms with Gasteiger partial charge in [-0.25, -0.2) is 0 Å². The first-order valence-electron chi connectivity index (χ1n) is 22.6. The summed E-state index contributed by atoms with van der Waals surface area (Å²) in [6.07, 6.45) is 29.5. The Kier molecular flexibility index (Phi) is 33.4. The van der Waals surface area contributed by atoms with Crippen molar-refractivity contribution in [1.29, 1.82) is 0 Å². The van der Waals surface area contributed by atoms with Gasteiger partial charge in [0.2, 0.25) is 0 Å². The Balaban J connectivity index is 2.53. The summed E-state index contributed by atoms with van der Waals surface area (Å²) in [5.41, 5.74) is 0. The van der Waals surface area contributed by atoms with Crippen molar-refractivity contribution in [3.05, 3.63) is 60.8 Å². The number of hydrogen-bond acceptors (Lipinski definition) is 13. The first-order valence-corrected chi connectivity index (χ1v) is 24.0. The maximum atomic E-state index is 12.7. The average Bonchev–Trinajstić information content (AvgIpc) is 3.23. The predicted molar refractivity (Wildman–Crippen MR) is 233 cm³/mol. The maximum absolute atomic E-state index is 12.7. The van der Waals surface area contributed by atoms with Crippen LogP contribution in [0.5, 0.6) is 0 Å². The highest BCUT2D eigenvalue weighted by molar-refractivity contribution is 7.45. The molecule has 0 bridgehead atoms. The van der Waals surface area contributed by atoms with Crippen LogP contribution in [0.1, 0.15) is 162 Å². The van der Waals surface area contributed by atoms with Crippen LogP contribution >= 0.6 is 7.82 Å². The van der Waals surface area contributed by atoms with Crippen LogP contribution in [0.2, 0.25) is 0 Å². The molecular formula is C46H78O13P-. The van der Waals surface area contributed by atoms with Gasteiger partial charge in [0, 0.05) is 12.8 Å². The zero-order valence-corrected chi connectivity index (χ0v) is 37.3.